The lowest BCUT2D eigenvalue weighted by Crippen LogP contribution is -2.60. The van der Waals surface area contributed by atoms with Crippen LogP contribution in [0.15, 0.2) is 42.9 Å². The molecule has 2 rings (SSSR count). The molecule has 5 atom stereocenters. The van der Waals surface area contributed by atoms with Crippen LogP contribution in [-0.2, 0) is 32.0 Å². The third-order valence-corrected chi connectivity index (χ3v) is 6.18. The summed E-state index contributed by atoms with van der Waals surface area (Å²) >= 11 is 1.44. The molecule has 0 fully saturated rings. The molecule has 0 saturated heterocycles. The number of carbonyl (C=O) groups is 4. The highest BCUT2D eigenvalue weighted by molar-refractivity contribution is 7.98. The number of carboxylic acid groups (broad SMARTS) is 1. The highest BCUT2D eigenvalue weighted by Crippen LogP contribution is 2.06. The number of nitrogens with two attached hydrogens (primary N) is 1. The molecular formula is C24H34N6O6S. The molecule has 2 aromatic rings. The number of rotatable bonds is 15. The Morgan fingerprint density at radius 3 is 2.27 bits per heavy atom. The number of hydrogen-bond donors (Lipinski definition) is 7. The number of nitrogens with one attached hydrogen (secondary N) is 4. The van der Waals surface area contributed by atoms with Crippen molar-refractivity contribution >= 4 is 35.5 Å². The molecule has 5 unspecified atom stereocenters. The van der Waals surface area contributed by atoms with Crippen LogP contribution in [0.5, 0.6) is 0 Å². The van der Waals surface area contributed by atoms with E-state index in [1.165, 1.54) is 31.2 Å². The predicted molar refractivity (Wildman–Crippen MR) is 139 cm³/mol. The Kier molecular flexibility index (Phi) is 12.1. The lowest BCUT2D eigenvalue weighted by Gasteiger charge is -2.26. The number of benzene rings is 1. The average Bonchev–Trinajstić information content (AvgIpc) is 3.37. The number of nitrogens with zero attached hydrogens (tertiary/aromatic N) is 1. The van der Waals surface area contributed by atoms with Gasteiger partial charge in [-0.15, -0.1) is 0 Å². The van der Waals surface area contributed by atoms with Crippen LogP contribution in [-0.4, -0.2) is 86.2 Å². The summed E-state index contributed by atoms with van der Waals surface area (Å²) in [6.45, 7) is 1.32. The molecule has 1 aromatic heterocycles. The lowest BCUT2D eigenvalue weighted by molar-refractivity contribution is -0.142. The van der Waals surface area contributed by atoms with Crippen molar-refractivity contribution < 1.29 is 29.4 Å². The summed E-state index contributed by atoms with van der Waals surface area (Å²) < 4.78 is 0. The van der Waals surface area contributed by atoms with Crippen molar-refractivity contribution in [2.45, 2.75) is 56.5 Å². The van der Waals surface area contributed by atoms with Crippen molar-refractivity contribution in [3.05, 3.63) is 54.1 Å². The van der Waals surface area contributed by atoms with Crippen LogP contribution in [0.2, 0.25) is 0 Å². The molecule has 0 aliphatic carbocycles. The van der Waals surface area contributed by atoms with Gasteiger partial charge in [-0.3, -0.25) is 14.4 Å². The number of H-pyrrole nitrogens is 1. The number of carboxylic acids is 1. The molecule has 1 heterocycles. The van der Waals surface area contributed by atoms with Gasteiger partial charge in [0.25, 0.3) is 0 Å². The maximum Gasteiger partial charge on any atom is 0.326 e. The second-order valence-electron chi connectivity index (χ2n) is 8.55. The van der Waals surface area contributed by atoms with Gasteiger partial charge in [0.15, 0.2) is 0 Å². The first-order valence-electron chi connectivity index (χ1n) is 11.7. The van der Waals surface area contributed by atoms with E-state index in [9.17, 15) is 29.4 Å². The number of aliphatic hydroxyl groups excluding tert-OH is 1. The van der Waals surface area contributed by atoms with E-state index in [1.807, 2.05) is 36.6 Å². The first kappa shape index (κ1) is 29.8. The minimum Gasteiger partial charge on any atom is -0.480 e. The van der Waals surface area contributed by atoms with Crippen LogP contribution in [0.4, 0.5) is 0 Å². The van der Waals surface area contributed by atoms with Crippen molar-refractivity contribution in [1.29, 1.82) is 0 Å². The second kappa shape index (κ2) is 15.0. The summed E-state index contributed by atoms with van der Waals surface area (Å²) in [5.74, 6) is -2.90. The molecule has 0 spiro atoms. The standard InChI is InChI=1S/C24H34N6O6S/c1-14(31)20(30-21(32)17(25)10-15-6-4-3-5-7-15)23(34)29-19(11-16-12-26-13-27-16)22(33)28-18(24(35)36)8-9-37-2/h3-7,12-14,17-20,31H,8-11,25H2,1-2H3,(H,26,27)(H,28,33)(H,29,34)(H,30,32)(H,35,36). The number of aromatic amines is 1. The van der Waals surface area contributed by atoms with Gasteiger partial charge in [-0.25, -0.2) is 9.78 Å². The average molecular weight is 535 g/mol. The molecule has 0 bridgehead atoms. The van der Waals surface area contributed by atoms with E-state index in [0.29, 0.717) is 11.4 Å². The molecule has 37 heavy (non-hydrogen) atoms. The van der Waals surface area contributed by atoms with Gasteiger partial charge in [0.1, 0.15) is 18.1 Å². The molecule has 0 radical (unpaired) electrons. The van der Waals surface area contributed by atoms with Gasteiger partial charge in [0.05, 0.1) is 18.5 Å². The molecule has 8 N–H and O–H groups in total. The zero-order valence-electron chi connectivity index (χ0n) is 20.7. The number of aliphatic carboxylic acids is 1. The van der Waals surface area contributed by atoms with Crippen LogP contribution in [0.25, 0.3) is 0 Å². The Morgan fingerprint density at radius 2 is 1.70 bits per heavy atom. The van der Waals surface area contributed by atoms with E-state index >= 15 is 0 Å². The van der Waals surface area contributed by atoms with Crippen molar-refractivity contribution in [1.82, 2.24) is 25.9 Å². The normalized spacial score (nSPS) is 15.0. The third kappa shape index (κ3) is 9.86. The number of aromatic nitrogens is 2. The maximum absolute atomic E-state index is 13.1. The summed E-state index contributed by atoms with van der Waals surface area (Å²) in [6.07, 6.45) is 3.76. The van der Waals surface area contributed by atoms with Gasteiger partial charge < -0.3 is 36.9 Å². The van der Waals surface area contributed by atoms with E-state index in [0.717, 1.165) is 5.56 Å². The SMILES string of the molecule is CSCCC(NC(=O)C(Cc1cnc[nH]1)NC(=O)C(NC(=O)C(N)Cc1ccccc1)C(C)O)C(=O)O. The smallest absolute Gasteiger partial charge is 0.326 e. The first-order chi connectivity index (χ1) is 17.6. The Hall–Kier alpha value is -3.42. The first-order valence-corrected chi connectivity index (χ1v) is 13.1. The summed E-state index contributed by atoms with van der Waals surface area (Å²) in [5.41, 5.74) is 7.34. The Balaban J connectivity index is 2.12. The van der Waals surface area contributed by atoms with Crippen LogP contribution in [0, 0.1) is 0 Å². The number of aliphatic hydroxyl groups is 1. The molecule has 0 aliphatic rings. The Bertz CT molecular complexity index is 1020. The fourth-order valence-electron chi connectivity index (χ4n) is 3.48. The van der Waals surface area contributed by atoms with Gasteiger partial charge >= 0.3 is 5.97 Å². The van der Waals surface area contributed by atoms with Crippen molar-refractivity contribution in [3.8, 4) is 0 Å². The van der Waals surface area contributed by atoms with Gasteiger partial charge in [-0.1, -0.05) is 30.3 Å². The van der Waals surface area contributed by atoms with Crippen molar-refractivity contribution in [3.63, 3.8) is 0 Å². The zero-order valence-corrected chi connectivity index (χ0v) is 21.5. The van der Waals surface area contributed by atoms with Gasteiger partial charge in [-0.2, -0.15) is 11.8 Å². The van der Waals surface area contributed by atoms with Gasteiger partial charge in [-0.05, 0) is 37.3 Å². The van der Waals surface area contributed by atoms with Gasteiger partial charge in [0.2, 0.25) is 17.7 Å². The summed E-state index contributed by atoms with van der Waals surface area (Å²) in [5, 5.41) is 27.1. The summed E-state index contributed by atoms with van der Waals surface area (Å²) in [6, 6.07) is 4.35. The monoisotopic (exact) mass is 534 g/mol. The van der Waals surface area contributed by atoms with E-state index < -0.39 is 54.0 Å². The van der Waals surface area contributed by atoms with Gasteiger partial charge in [0, 0.05) is 18.3 Å². The Labute approximate surface area is 219 Å². The summed E-state index contributed by atoms with van der Waals surface area (Å²) in [4.78, 5) is 57.1. The van der Waals surface area contributed by atoms with Crippen LogP contribution in [0.3, 0.4) is 0 Å². The molecule has 202 valence electrons. The highest BCUT2D eigenvalue weighted by atomic mass is 32.2. The van der Waals surface area contributed by atoms with E-state index in [2.05, 4.69) is 25.9 Å². The molecule has 1 aromatic carbocycles. The molecule has 0 saturated carbocycles. The van der Waals surface area contributed by atoms with E-state index in [4.69, 9.17) is 5.73 Å². The second-order valence-corrected chi connectivity index (χ2v) is 9.53. The van der Waals surface area contributed by atoms with Crippen LogP contribution < -0.4 is 21.7 Å². The minimum absolute atomic E-state index is 0.0273. The van der Waals surface area contributed by atoms with Crippen LogP contribution in [0.1, 0.15) is 24.6 Å². The molecule has 0 aliphatic heterocycles. The number of thioether (sulfide) groups is 1. The molecule has 12 nitrogen and oxygen atoms in total. The maximum atomic E-state index is 13.1. The number of carbonyl (C=O) groups excluding carboxylic acids is 3. The fourth-order valence-corrected chi connectivity index (χ4v) is 3.95. The number of hydrogen-bond acceptors (Lipinski definition) is 8. The van der Waals surface area contributed by atoms with E-state index in [1.54, 1.807) is 0 Å². The zero-order chi connectivity index (χ0) is 27.4. The quantitative estimate of drug-likeness (QED) is 0.153. The number of amides is 3. The largest absolute Gasteiger partial charge is 0.480 e. The number of imidazole rings is 1. The molecule has 3 amide bonds. The topological polar surface area (TPSA) is 200 Å². The Morgan fingerprint density at radius 1 is 1.03 bits per heavy atom. The van der Waals surface area contributed by atoms with Crippen molar-refractivity contribution in [2.75, 3.05) is 12.0 Å². The third-order valence-electron chi connectivity index (χ3n) is 5.53. The molecule has 13 heteroatoms. The molecular weight excluding hydrogens is 500 g/mol. The van der Waals surface area contributed by atoms with Crippen LogP contribution >= 0.6 is 11.8 Å². The van der Waals surface area contributed by atoms with Crippen molar-refractivity contribution in [2.24, 2.45) is 5.73 Å². The lowest BCUT2D eigenvalue weighted by atomic mass is 10.0. The van der Waals surface area contributed by atoms with E-state index in [-0.39, 0.29) is 19.3 Å². The summed E-state index contributed by atoms with van der Waals surface area (Å²) in [7, 11) is 0. The minimum atomic E-state index is -1.40. The highest BCUT2D eigenvalue weighted by Gasteiger charge is 2.32. The predicted octanol–water partition coefficient (Wildman–Crippen LogP) is -0.805. The fraction of sp³-hybridized carbons (Fsp3) is 0.458.